The van der Waals surface area contributed by atoms with E-state index in [9.17, 15) is 0 Å². The summed E-state index contributed by atoms with van der Waals surface area (Å²) in [4.78, 5) is 0. The Labute approximate surface area is 118 Å². The van der Waals surface area contributed by atoms with Crippen molar-refractivity contribution in [2.24, 2.45) is 11.7 Å². The zero-order chi connectivity index (χ0) is 13.7. The van der Waals surface area contributed by atoms with Gasteiger partial charge in [0, 0.05) is 32.7 Å². The molecule has 2 N–H and O–H groups in total. The first kappa shape index (κ1) is 15.7. The first-order chi connectivity index (χ1) is 8.49. The predicted molar refractivity (Wildman–Crippen MR) is 77.7 cm³/mol. The van der Waals surface area contributed by atoms with E-state index in [0.29, 0.717) is 5.92 Å². The van der Waals surface area contributed by atoms with Crippen molar-refractivity contribution in [2.75, 3.05) is 13.7 Å². The summed E-state index contributed by atoms with van der Waals surface area (Å²) in [5.41, 5.74) is 8.45. The number of aromatic nitrogens is 2. The van der Waals surface area contributed by atoms with Crippen LogP contribution in [0.15, 0.2) is 4.47 Å². The summed E-state index contributed by atoms with van der Waals surface area (Å²) < 4.78 is 8.27. The van der Waals surface area contributed by atoms with Crippen LogP contribution >= 0.6 is 15.9 Å². The van der Waals surface area contributed by atoms with Gasteiger partial charge in [-0.2, -0.15) is 5.10 Å². The molecule has 18 heavy (non-hydrogen) atoms. The van der Waals surface area contributed by atoms with Crippen LogP contribution < -0.4 is 5.73 Å². The molecule has 1 rings (SSSR count). The zero-order valence-electron chi connectivity index (χ0n) is 11.7. The highest BCUT2D eigenvalue weighted by atomic mass is 79.9. The van der Waals surface area contributed by atoms with Gasteiger partial charge in [0.1, 0.15) is 0 Å². The van der Waals surface area contributed by atoms with Crippen LogP contribution in [0.25, 0.3) is 0 Å². The van der Waals surface area contributed by atoms with Gasteiger partial charge in [0.2, 0.25) is 0 Å². The van der Waals surface area contributed by atoms with Gasteiger partial charge >= 0.3 is 0 Å². The van der Waals surface area contributed by atoms with E-state index in [1.165, 1.54) is 5.69 Å². The Morgan fingerprint density at radius 1 is 1.50 bits per heavy atom. The Morgan fingerprint density at radius 2 is 2.17 bits per heavy atom. The first-order valence-corrected chi connectivity index (χ1v) is 7.25. The normalized spacial score (nSPS) is 14.8. The molecule has 1 aromatic rings. The number of ether oxygens (including phenoxy) is 1. The molecule has 5 heteroatoms. The highest BCUT2D eigenvalue weighted by molar-refractivity contribution is 9.10. The minimum absolute atomic E-state index is 0.146. The van der Waals surface area contributed by atoms with Crippen molar-refractivity contribution in [3.8, 4) is 0 Å². The Balaban J connectivity index is 2.66. The molecule has 0 bridgehead atoms. The largest absolute Gasteiger partial charge is 0.384 e. The van der Waals surface area contributed by atoms with Crippen molar-refractivity contribution < 1.29 is 4.74 Å². The summed E-state index contributed by atoms with van der Waals surface area (Å²) in [6, 6.07) is 0.146. The third kappa shape index (κ3) is 4.07. The Hall–Kier alpha value is -0.390. The quantitative estimate of drug-likeness (QED) is 0.840. The maximum absolute atomic E-state index is 6.22. The van der Waals surface area contributed by atoms with E-state index in [4.69, 9.17) is 10.5 Å². The lowest BCUT2D eigenvalue weighted by atomic mass is 9.99. The topological polar surface area (TPSA) is 53.1 Å². The van der Waals surface area contributed by atoms with Crippen LogP contribution in [-0.4, -0.2) is 29.5 Å². The molecule has 4 nitrogen and oxygen atoms in total. The molecule has 0 radical (unpaired) electrons. The summed E-state index contributed by atoms with van der Waals surface area (Å²) >= 11 is 3.60. The van der Waals surface area contributed by atoms with Crippen molar-refractivity contribution in [1.29, 1.82) is 0 Å². The van der Waals surface area contributed by atoms with Crippen LogP contribution in [0.1, 0.15) is 31.7 Å². The maximum Gasteiger partial charge on any atom is 0.0738 e. The molecule has 0 aliphatic rings. The van der Waals surface area contributed by atoms with Gasteiger partial charge in [0.05, 0.1) is 15.9 Å². The van der Waals surface area contributed by atoms with Crippen LogP contribution in [-0.2, 0) is 17.7 Å². The number of methoxy groups -OCH3 is 1. The van der Waals surface area contributed by atoms with E-state index in [0.717, 1.165) is 36.2 Å². The minimum atomic E-state index is 0.146. The van der Waals surface area contributed by atoms with Gasteiger partial charge in [-0.1, -0.05) is 6.92 Å². The highest BCUT2D eigenvalue weighted by Gasteiger charge is 2.17. The molecular weight excluding hydrogens is 294 g/mol. The average molecular weight is 318 g/mol. The molecular formula is C13H24BrN3O. The lowest BCUT2D eigenvalue weighted by molar-refractivity contribution is 0.152. The molecule has 2 atom stereocenters. The SMILES string of the molecule is CCn1nc(C)c(Br)c1CC(N)CC(C)COC. The molecule has 104 valence electrons. The van der Waals surface area contributed by atoms with E-state index in [1.54, 1.807) is 7.11 Å². The van der Waals surface area contributed by atoms with Crippen molar-refractivity contribution in [3.05, 3.63) is 15.9 Å². The highest BCUT2D eigenvalue weighted by Crippen LogP contribution is 2.23. The predicted octanol–water partition coefficient (Wildman–Crippen LogP) is 2.52. The van der Waals surface area contributed by atoms with Crippen molar-refractivity contribution in [2.45, 2.75) is 46.2 Å². The summed E-state index contributed by atoms with van der Waals surface area (Å²) in [7, 11) is 1.73. The molecule has 1 aromatic heterocycles. The fourth-order valence-electron chi connectivity index (χ4n) is 2.27. The molecule has 0 fully saturated rings. The number of nitrogens with zero attached hydrogens (tertiary/aromatic N) is 2. The van der Waals surface area contributed by atoms with E-state index in [1.807, 2.05) is 11.6 Å². The third-order valence-electron chi connectivity index (χ3n) is 3.06. The van der Waals surface area contributed by atoms with Crippen LogP contribution in [0.4, 0.5) is 0 Å². The number of hydrogen-bond donors (Lipinski definition) is 1. The number of aryl methyl sites for hydroxylation is 2. The molecule has 0 saturated heterocycles. The van der Waals surface area contributed by atoms with Crippen molar-refractivity contribution in [1.82, 2.24) is 9.78 Å². The summed E-state index contributed by atoms with van der Waals surface area (Å²) in [5.74, 6) is 0.489. The van der Waals surface area contributed by atoms with Gasteiger partial charge in [-0.15, -0.1) is 0 Å². The third-order valence-corrected chi connectivity index (χ3v) is 4.10. The zero-order valence-corrected chi connectivity index (χ0v) is 13.3. The van der Waals surface area contributed by atoms with E-state index >= 15 is 0 Å². The van der Waals surface area contributed by atoms with Gasteiger partial charge in [0.15, 0.2) is 0 Å². The van der Waals surface area contributed by atoms with Crippen LogP contribution in [0.5, 0.6) is 0 Å². The van der Waals surface area contributed by atoms with Gasteiger partial charge in [0.25, 0.3) is 0 Å². The minimum Gasteiger partial charge on any atom is -0.384 e. The monoisotopic (exact) mass is 317 g/mol. The van der Waals surface area contributed by atoms with Crippen LogP contribution in [0.2, 0.25) is 0 Å². The molecule has 0 aliphatic heterocycles. The van der Waals surface area contributed by atoms with E-state index in [2.05, 4.69) is 34.9 Å². The van der Waals surface area contributed by atoms with Gasteiger partial charge < -0.3 is 10.5 Å². The first-order valence-electron chi connectivity index (χ1n) is 6.45. The maximum atomic E-state index is 6.22. The molecule has 0 amide bonds. The second-order valence-corrected chi connectivity index (χ2v) is 5.72. The standard InChI is InChI=1S/C13H24BrN3O/c1-5-17-12(13(14)10(3)16-17)7-11(15)6-9(2)8-18-4/h9,11H,5-8,15H2,1-4H3. The molecule has 0 aliphatic carbocycles. The van der Waals surface area contributed by atoms with E-state index in [-0.39, 0.29) is 6.04 Å². The Morgan fingerprint density at radius 3 is 2.72 bits per heavy atom. The molecule has 0 saturated carbocycles. The summed E-state index contributed by atoms with van der Waals surface area (Å²) in [6.45, 7) is 7.92. The number of nitrogens with two attached hydrogens (primary N) is 1. The lowest BCUT2D eigenvalue weighted by Gasteiger charge is -2.17. The van der Waals surface area contributed by atoms with E-state index < -0.39 is 0 Å². The molecule has 1 heterocycles. The summed E-state index contributed by atoms with van der Waals surface area (Å²) in [6.07, 6.45) is 1.82. The van der Waals surface area contributed by atoms with Crippen LogP contribution in [0, 0.1) is 12.8 Å². The van der Waals surface area contributed by atoms with Crippen molar-refractivity contribution in [3.63, 3.8) is 0 Å². The van der Waals surface area contributed by atoms with Gasteiger partial charge in [-0.05, 0) is 42.1 Å². The fraction of sp³-hybridized carbons (Fsp3) is 0.769. The van der Waals surface area contributed by atoms with Gasteiger partial charge in [-0.3, -0.25) is 4.68 Å². The molecule has 2 unspecified atom stereocenters. The Kier molecular flexibility index (Phi) is 6.32. The second-order valence-electron chi connectivity index (χ2n) is 4.92. The second kappa shape index (κ2) is 7.26. The Bertz CT molecular complexity index is 379. The van der Waals surface area contributed by atoms with Crippen molar-refractivity contribution >= 4 is 15.9 Å². The molecule has 0 aromatic carbocycles. The number of hydrogen-bond acceptors (Lipinski definition) is 3. The number of halogens is 1. The molecule has 0 spiro atoms. The lowest BCUT2D eigenvalue weighted by Crippen LogP contribution is -2.28. The average Bonchev–Trinajstić information content (AvgIpc) is 2.57. The van der Waals surface area contributed by atoms with Gasteiger partial charge in [-0.25, -0.2) is 0 Å². The fourth-order valence-corrected chi connectivity index (χ4v) is 2.71. The van der Waals surface area contributed by atoms with Crippen LogP contribution in [0.3, 0.4) is 0 Å². The summed E-state index contributed by atoms with van der Waals surface area (Å²) in [5, 5.41) is 4.49. The number of rotatable bonds is 7. The smallest absolute Gasteiger partial charge is 0.0738 e.